The first kappa shape index (κ1) is 19.7. The summed E-state index contributed by atoms with van der Waals surface area (Å²) < 4.78 is 14.8. The van der Waals surface area contributed by atoms with Gasteiger partial charge in [-0.1, -0.05) is 52.4 Å². The molecule has 0 fully saturated rings. The minimum Gasteiger partial charge on any atom is -0.463 e. The number of unbranched alkanes of at least 4 members (excludes halogenated alkanes) is 6. The Bertz CT molecular complexity index is 278. The third-order valence-electron chi connectivity index (χ3n) is 3.06. The van der Waals surface area contributed by atoms with E-state index in [0.29, 0.717) is 13.2 Å². The summed E-state index contributed by atoms with van der Waals surface area (Å²) in [5, 5.41) is 0. The van der Waals surface area contributed by atoms with Crippen LogP contribution in [-0.4, -0.2) is 31.4 Å². The minimum atomic E-state index is -0.917. The number of rotatable bonds is 12. The van der Waals surface area contributed by atoms with Gasteiger partial charge in [0.2, 0.25) is 0 Å². The van der Waals surface area contributed by atoms with Crippen molar-refractivity contribution in [2.75, 3.05) is 13.2 Å². The number of hydrogen-bond acceptors (Lipinski definition) is 5. The predicted molar refractivity (Wildman–Crippen MR) is 81.1 cm³/mol. The molecule has 124 valence electrons. The summed E-state index contributed by atoms with van der Waals surface area (Å²) in [5.74, 6) is -0.519. The Morgan fingerprint density at radius 1 is 0.810 bits per heavy atom. The van der Waals surface area contributed by atoms with Gasteiger partial charge in [-0.05, 0) is 19.8 Å². The molecular weight excluding hydrogens is 272 g/mol. The maximum atomic E-state index is 11.6. The number of hydrogen-bond donors (Lipinski definition) is 0. The second-order valence-corrected chi connectivity index (χ2v) is 5.15. The zero-order valence-electron chi connectivity index (χ0n) is 13.7. The van der Waals surface area contributed by atoms with Crippen LogP contribution in [-0.2, 0) is 19.0 Å². The zero-order valence-corrected chi connectivity index (χ0v) is 13.7. The van der Waals surface area contributed by atoms with Crippen LogP contribution in [0.3, 0.4) is 0 Å². The first-order valence-corrected chi connectivity index (χ1v) is 8.11. The molecule has 0 saturated heterocycles. The summed E-state index contributed by atoms with van der Waals surface area (Å²) in [4.78, 5) is 22.9. The van der Waals surface area contributed by atoms with E-state index in [1.54, 1.807) is 0 Å². The van der Waals surface area contributed by atoms with Gasteiger partial charge < -0.3 is 14.2 Å². The highest BCUT2D eigenvalue weighted by Crippen LogP contribution is 2.03. The monoisotopic (exact) mass is 302 g/mol. The molecule has 0 aliphatic rings. The fraction of sp³-hybridized carbons (Fsp3) is 0.875. The van der Waals surface area contributed by atoms with Crippen LogP contribution < -0.4 is 0 Å². The Kier molecular flexibility index (Phi) is 12.9. The van der Waals surface area contributed by atoms with E-state index in [9.17, 15) is 9.59 Å². The number of esters is 1. The van der Waals surface area contributed by atoms with Crippen LogP contribution in [0.2, 0.25) is 0 Å². The Morgan fingerprint density at radius 3 is 1.86 bits per heavy atom. The quantitative estimate of drug-likeness (QED) is 0.399. The Hall–Kier alpha value is -1.26. The molecule has 0 rings (SSSR count). The molecule has 5 nitrogen and oxygen atoms in total. The van der Waals surface area contributed by atoms with E-state index in [2.05, 4.69) is 13.8 Å². The summed E-state index contributed by atoms with van der Waals surface area (Å²) in [6, 6.07) is 0. The van der Waals surface area contributed by atoms with Gasteiger partial charge in [-0.15, -0.1) is 0 Å². The van der Waals surface area contributed by atoms with Gasteiger partial charge in [0, 0.05) is 0 Å². The molecule has 0 bridgehead atoms. The summed E-state index contributed by atoms with van der Waals surface area (Å²) in [7, 11) is 0. The van der Waals surface area contributed by atoms with Crippen LogP contribution in [0, 0.1) is 0 Å². The molecule has 0 saturated carbocycles. The van der Waals surface area contributed by atoms with Crippen molar-refractivity contribution in [2.45, 2.75) is 78.2 Å². The largest absolute Gasteiger partial charge is 0.509 e. The van der Waals surface area contributed by atoms with E-state index < -0.39 is 18.2 Å². The lowest BCUT2D eigenvalue weighted by atomic mass is 10.2. The first-order valence-electron chi connectivity index (χ1n) is 8.11. The lowest BCUT2D eigenvalue weighted by molar-refractivity contribution is -0.154. The van der Waals surface area contributed by atoms with Gasteiger partial charge in [-0.25, -0.2) is 9.59 Å². The van der Waals surface area contributed by atoms with Gasteiger partial charge in [-0.2, -0.15) is 0 Å². The topological polar surface area (TPSA) is 61.8 Å². The van der Waals surface area contributed by atoms with Crippen molar-refractivity contribution in [2.24, 2.45) is 0 Å². The number of carbonyl (C=O) groups excluding carboxylic acids is 2. The number of carbonyl (C=O) groups is 2. The van der Waals surface area contributed by atoms with Crippen molar-refractivity contribution in [1.82, 2.24) is 0 Å². The summed E-state index contributed by atoms with van der Waals surface area (Å²) in [6.45, 7) is 6.43. The molecule has 1 atom stereocenters. The standard InChI is InChI=1S/C16H30O5/c1-4-6-8-10-12-19-15(17)14(3)21-16(18)20-13-11-9-7-5-2/h14H,4-13H2,1-3H3. The Balaban J connectivity index is 3.62. The van der Waals surface area contributed by atoms with Crippen LogP contribution >= 0.6 is 0 Å². The lowest BCUT2D eigenvalue weighted by Gasteiger charge is -2.12. The molecule has 0 N–H and O–H groups in total. The van der Waals surface area contributed by atoms with Crippen LogP contribution in [0.5, 0.6) is 0 Å². The first-order chi connectivity index (χ1) is 10.1. The van der Waals surface area contributed by atoms with Crippen molar-refractivity contribution < 1.29 is 23.8 Å². The van der Waals surface area contributed by atoms with Crippen molar-refractivity contribution in [1.29, 1.82) is 0 Å². The van der Waals surface area contributed by atoms with Crippen molar-refractivity contribution in [3.05, 3.63) is 0 Å². The highest BCUT2D eigenvalue weighted by molar-refractivity contribution is 5.76. The smallest absolute Gasteiger partial charge is 0.463 e. The predicted octanol–water partition coefficient (Wildman–Crippen LogP) is 4.23. The van der Waals surface area contributed by atoms with Gasteiger partial charge in [0.05, 0.1) is 13.2 Å². The van der Waals surface area contributed by atoms with Crippen molar-refractivity contribution in [3.8, 4) is 0 Å². The molecule has 0 aromatic heterocycles. The van der Waals surface area contributed by atoms with E-state index in [-0.39, 0.29) is 0 Å². The van der Waals surface area contributed by atoms with Gasteiger partial charge in [0.15, 0.2) is 6.10 Å². The van der Waals surface area contributed by atoms with Crippen LogP contribution in [0.1, 0.15) is 72.1 Å². The molecule has 0 spiro atoms. The zero-order chi connectivity index (χ0) is 15.9. The molecule has 5 heteroatoms. The van der Waals surface area contributed by atoms with E-state index >= 15 is 0 Å². The summed E-state index contributed by atoms with van der Waals surface area (Å²) >= 11 is 0. The molecule has 0 heterocycles. The molecule has 0 aromatic carbocycles. The van der Waals surface area contributed by atoms with Crippen LogP contribution in [0.4, 0.5) is 4.79 Å². The van der Waals surface area contributed by atoms with Crippen molar-refractivity contribution >= 4 is 12.1 Å². The van der Waals surface area contributed by atoms with Crippen LogP contribution in [0.25, 0.3) is 0 Å². The molecule has 21 heavy (non-hydrogen) atoms. The highest BCUT2D eigenvalue weighted by atomic mass is 16.7. The minimum absolute atomic E-state index is 0.331. The van der Waals surface area contributed by atoms with E-state index in [1.165, 1.54) is 6.92 Å². The maximum absolute atomic E-state index is 11.6. The molecular formula is C16H30O5. The van der Waals surface area contributed by atoms with E-state index in [0.717, 1.165) is 51.4 Å². The highest BCUT2D eigenvalue weighted by Gasteiger charge is 2.19. The SMILES string of the molecule is CCCCCCOC(=O)OC(C)C(=O)OCCCCCC. The van der Waals surface area contributed by atoms with Crippen molar-refractivity contribution in [3.63, 3.8) is 0 Å². The average Bonchev–Trinajstić information content (AvgIpc) is 2.46. The van der Waals surface area contributed by atoms with Crippen LogP contribution in [0.15, 0.2) is 0 Å². The molecule has 1 unspecified atom stereocenters. The fourth-order valence-electron chi connectivity index (χ4n) is 1.73. The van der Waals surface area contributed by atoms with E-state index in [4.69, 9.17) is 14.2 Å². The second kappa shape index (κ2) is 13.7. The van der Waals surface area contributed by atoms with Gasteiger partial charge in [0.25, 0.3) is 0 Å². The third-order valence-corrected chi connectivity index (χ3v) is 3.06. The molecule has 0 aliphatic heterocycles. The molecule has 0 aromatic rings. The molecule has 0 amide bonds. The second-order valence-electron chi connectivity index (χ2n) is 5.15. The van der Waals surface area contributed by atoms with Gasteiger partial charge in [0.1, 0.15) is 0 Å². The molecule has 0 aliphatic carbocycles. The summed E-state index contributed by atoms with van der Waals surface area (Å²) in [6.07, 6.45) is 6.53. The fourth-order valence-corrected chi connectivity index (χ4v) is 1.73. The number of ether oxygens (including phenoxy) is 3. The van der Waals surface area contributed by atoms with Gasteiger partial charge >= 0.3 is 12.1 Å². The third kappa shape index (κ3) is 12.2. The lowest BCUT2D eigenvalue weighted by Crippen LogP contribution is -2.27. The molecule has 0 radical (unpaired) electrons. The van der Waals surface area contributed by atoms with Gasteiger partial charge in [-0.3, -0.25) is 0 Å². The normalized spacial score (nSPS) is 11.8. The Labute approximate surface area is 128 Å². The van der Waals surface area contributed by atoms with E-state index in [1.807, 2.05) is 0 Å². The maximum Gasteiger partial charge on any atom is 0.509 e. The average molecular weight is 302 g/mol. The summed E-state index contributed by atoms with van der Waals surface area (Å²) in [5.41, 5.74) is 0. The Morgan fingerprint density at radius 2 is 1.33 bits per heavy atom.